The molecule has 0 aliphatic carbocycles. The van der Waals surface area contributed by atoms with Crippen LogP contribution in [0, 0.1) is 0 Å². The zero-order chi connectivity index (χ0) is 62.7. The van der Waals surface area contributed by atoms with Crippen molar-refractivity contribution in [1.29, 1.82) is 0 Å². The van der Waals surface area contributed by atoms with E-state index in [9.17, 15) is 0 Å². The van der Waals surface area contributed by atoms with E-state index in [0.29, 0.717) is 0 Å². The summed E-state index contributed by atoms with van der Waals surface area (Å²) >= 11 is 0. The van der Waals surface area contributed by atoms with Gasteiger partial charge in [0.05, 0.1) is 78.1 Å². The fourth-order valence-electron chi connectivity index (χ4n) is 16.3. The molecule has 0 unspecified atom stereocenters. The van der Waals surface area contributed by atoms with Gasteiger partial charge in [0.15, 0.2) is 0 Å². The summed E-state index contributed by atoms with van der Waals surface area (Å²) in [6.07, 6.45) is 2.11. The van der Waals surface area contributed by atoms with Crippen LogP contribution < -0.4 is 0 Å². The maximum atomic E-state index is 5.85. The maximum Gasteiger partial charge on any atom is 0.145 e. The molecular weight excluding hydrogens is 1170 g/mol. The van der Waals surface area contributed by atoms with Crippen molar-refractivity contribution in [1.82, 2.24) is 32.4 Å². The first-order valence-electron chi connectivity index (χ1n) is 32.9. The van der Waals surface area contributed by atoms with Crippen molar-refractivity contribution in [3.05, 3.63) is 334 Å². The van der Waals surface area contributed by atoms with Crippen LogP contribution in [0.15, 0.2) is 334 Å². The summed E-state index contributed by atoms with van der Waals surface area (Å²) in [6.45, 7) is 0. The Morgan fingerprint density at radius 1 is 0.167 bits per heavy atom. The molecule has 0 N–H and O–H groups in total. The lowest BCUT2D eigenvalue weighted by molar-refractivity contribution is 1.05. The lowest BCUT2D eigenvalue weighted by Gasteiger charge is -2.17. The Morgan fingerprint density at radius 2 is 0.427 bits per heavy atom. The molecule has 0 amide bonds. The van der Waals surface area contributed by atoms with Gasteiger partial charge in [-0.2, -0.15) is 0 Å². The number of nitrogens with zero attached hydrogens (tertiary/aromatic N) is 7. The monoisotopic (exact) mass is 1220 g/mol. The van der Waals surface area contributed by atoms with Crippen LogP contribution >= 0.6 is 0 Å². The Labute approximate surface area is 550 Å². The van der Waals surface area contributed by atoms with Crippen molar-refractivity contribution in [2.24, 2.45) is 0 Å². The normalized spacial score (nSPS) is 12.2. The SMILES string of the molecule is c1ccc(-c2cccc(-c3cc(-n4c5ccc(-n6c7ccccc7c7ccccc76)cc5c5cc(-n6c7ccccc7c7ccccc76)ccc54)cnc3-n3c4ccc(-n5c6ccccc6c6ccccc65)cc4c4cc(-n5c6ccccc6c6ccccc65)ccc43)c2)cc1. The van der Waals surface area contributed by atoms with Gasteiger partial charge in [-0.1, -0.05) is 194 Å². The molecule has 0 radical (unpaired) electrons. The van der Waals surface area contributed by atoms with Crippen molar-refractivity contribution in [3.63, 3.8) is 0 Å². The van der Waals surface area contributed by atoms with Crippen LogP contribution in [-0.2, 0) is 0 Å². The van der Waals surface area contributed by atoms with Crippen LogP contribution in [0.1, 0.15) is 0 Å². The Morgan fingerprint density at radius 3 is 0.760 bits per heavy atom. The average molecular weight is 1220 g/mol. The molecule has 7 aromatic heterocycles. The molecule has 21 aromatic rings. The Kier molecular flexibility index (Phi) is 11.1. The van der Waals surface area contributed by atoms with Crippen molar-refractivity contribution in [2.75, 3.05) is 0 Å². The van der Waals surface area contributed by atoms with Crippen molar-refractivity contribution < 1.29 is 0 Å². The van der Waals surface area contributed by atoms with Crippen LogP contribution in [0.4, 0.5) is 0 Å². The minimum atomic E-state index is 0.834. The van der Waals surface area contributed by atoms with Crippen molar-refractivity contribution in [2.45, 2.75) is 0 Å². The highest BCUT2D eigenvalue weighted by molar-refractivity contribution is 6.17. The lowest BCUT2D eigenvalue weighted by Crippen LogP contribution is -2.04. The molecule has 14 aromatic carbocycles. The summed E-state index contributed by atoms with van der Waals surface area (Å²) in [6, 6.07) is 121. The molecule has 7 heteroatoms. The molecule has 0 aliphatic heterocycles. The molecule has 0 saturated heterocycles. The Balaban J connectivity index is 0.839. The van der Waals surface area contributed by atoms with E-state index in [1.807, 2.05) is 0 Å². The standard InChI is InChI=1S/C89H55N7/c1-2-21-56(22-3-1)57-23-20-24-58(49-57)72-54-63(95-85-45-41-59(91-77-33-12-4-25-64(77)65-26-5-13-34-78(65)91)50-73(85)74-51-60(42-46-86(74)95)92-79-35-14-6-27-66(79)67-28-7-15-36-80(67)92)55-90-89(72)96-87-47-43-61(93-81-37-16-8-29-68(81)69-30-9-17-38-82(69)93)52-75(87)76-53-62(44-48-88(76)96)94-83-39-18-10-31-70(83)71-32-11-19-40-84(71)94/h1-55H. The van der Waals surface area contributed by atoms with Gasteiger partial charge in [0.2, 0.25) is 0 Å². The number of fused-ring (bicyclic) bond motifs is 18. The van der Waals surface area contributed by atoms with Gasteiger partial charge in [-0.25, -0.2) is 4.98 Å². The van der Waals surface area contributed by atoms with Gasteiger partial charge in [-0.15, -0.1) is 0 Å². The third-order valence-electron chi connectivity index (χ3n) is 20.4. The predicted octanol–water partition coefficient (Wildman–Crippen LogP) is 23.0. The minimum absolute atomic E-state index is 0.834. The van der Waals surface area contributed by atoms with Gasteiger partial charge in [-0.05, 0) is 150 Å². The van der Waals surface area contributed by atoms with E-state index in [0.717, 1.165) is 100 Å². The van der Waals surface area contributed by atoms with Crippen molar-refractivity contribution >= 4 is 131 Å². The molecule has 21 rings (SSSR count). The average Bonchev–Trinajstić information content (AvgIpc) is 1.61. The van der Waals surface area contributed by atoms with Crippen LogP contribution in [0.3, 0.4) is 0 Å². The molecular formula is C89H55N7. The highest BCUT2D eigenvalue weighted by atomic mass is 15.1. The summed E-state index contributed by atoms with van der Waals surface area (Å²) in [5, 5.41) is 14.4. The van der Waals surface area contributed by atoms with Crippen LogP contribution in [0.2, 0.25) is 0 Å². The first kappa shape index (κ1) is 52.6. The smallest absolute Gasteiger partial charge is 0.145 e. The Bertz CT molecular complexity index is 6280. The largest absolute Gasteiger partial charge is 0.309 e. The second kappa shape index (κ2) is 20.3. The maximum absolute atomic E-state index is 5.85. The number of para-hydroxylation sites is 8. The number of benzene rings is 14. The molecule has 446 valence electrons. The van der Waals surface area contributed by atoms with Crippen molar-refractivity contribution in [3.8, 4) is 56.5 Å². The molecule has 7 nitrogen and oxygen atoms in total. The molecule has 0 fully saturated rings. The number of hydrogen-bond acceptors (Lipinski definition) is 1. The first-order valence-corrected chi connectivity index (χ1v) is 32.9. The van der Waals surface area contributed by atoms with Gasteiger partial charge in [0.25, 0.3) is 0 Å². The van der Waals surface area contributed by atoms with E-state index in [2.05, 4.69) is 361 Å². The van der Waals surface area contributed by atoms with Gasteiger partial charge in [-0.3, -0.25) is 4.57 Å². The van der Waals surface area contributed by atoms with Crippen LogP contribution in [-0.4, -0.2) is 32.4 Å². The number of hydrogen-bond donors (Lipinski definition) is 0. The molecule has 0 bridgehead atoms. The molecule has 0 saturated carbocycles. The minimum Gasteiger partial charge on any atom is -0.309 e. The summed E-state index contributed by atoms with van der Waals surface area (Å²) in [5.74, 6) is 0.834. The molecule has 0 atom stereocenters. The van der Waals surface area contributed by atoms with E-state index < -0.39 is 0 Å². The van der Waals surface area contributed by atoms with E-state index >= 15 is 0 Å². The van der Waals surface area contributed by atoms with Crippen LogP contribution in [0.25, 0.3) is 187 Å². The molecule has 7 heterocycles. The summed E-state index contributed by atoms with van der Waals surface area (Å²) in [5.41, 5.74) is 23.3. The van der Waals surface area contributed by atoms with Gasteiger partial charge in [0, 0.05) is 92.9 Å². The van der Waals surface area contributed by atoms with Gasteiger partial charge < -0.3 is 22.8 Å². The number of pyridine rings is 1. The summed E-state index contributed by atoms with van der Waals surface area (Å²) in [4.78, 5) is 5.85. The second-order valence-electron chi connectivity index (χ2n) is 25.5. The van der Waals surface area contributed by atoms with E-state index in [1.54, 1.807) is 0 Å². The fourth-order valence-corrected chi connectivity index (χ4v) is 16.3. The predicted molar refractivity (Wildman–Crippen MR) is 401 cm³/mol. The summed E-state index contributed by atoms with van der Waals surface area (Å²) in [7, 11) is 0. The highest BCUT2D eigenvalue weighted by Gasteiger charge is 2.25. The van der Waals surface area contributed by atoms with Gasteiger partial charge in [0.1, 0.15) is 5.82 Å². The van der Waals surface area contributed by atoms with Crippen LogP contribution in [0.5, 0.6) is 0 Å². The Hall–Kier alpha value is -13.0. The highest BCUT2D eigenvalue weighted by Crippen LogP contribution is 2.45. The molecule has 96 heavy (non-hydrogen) atoms. The summed E-state index contributed by atoms with van der Waals surface area (Å²) < 4.78 is 14.6. The third-order valence-corrected chi connectivity index (χ3v) is 20.4. The second-order valence-corrected chi connectivity index (χ2v) is 25.5. The van der Waals surface area contributed by atoms with E-state index in [-0.39, 0.29) is 0 Å². The topological polar surface area (TPSA) is 42.5 Å². The third kappa shape index (κ3) is 7.56. The van der Waals surface area contributed by atoms with E-state index in [1.165, 1.54) is 87.2 Å². The number of aromatic nitrogens is 7. The quantitative estimate of drug-likeness (QED) is 0.149. The number of rotatable bonds is 8. The fraction of sp³-hybridized carbons (Fsp3) is 0. The molecule has 0 aliphatic rings. The van der Waals surface area contributed by atoms with Gasteiger partial charge >= 0.3 is 0 Å². The first-order chi connectivity index (χ1) is 47.6. The zero-order valence-corrected chi connectivity index (χ0v) is 51.9. The zero-order valence-electron chi connectivity index (χ0n) is 51.9. The molecule has 0 spiro atoms. The lowest BCUT2D eigenvalue weighted by atomic mass is 9.99. The van der Waals surface area contributed by atoms with E-state index in [4.69, 9.17) is 4.98 Å².